The molecule has 4 nitrogen and oxygen atoms in total. The van der Waals surface area contributed by atoms with Crippen LogP contribution in [-0.4, -0.2) is 17.9 Å². The van der Waals surface area contributed by atoms with Crippen LogP contribution in [0, 0.1) is 24.4 Å². The van der Waals surface area contributed by atoms with Gasteiger partial charge >= 0.3 is 0 Å². The SMILES string of the molecule is Cc1cccc(C[C@@H](NC(=O)c2c(F)cc(F)cc2F)C(N)=O)c1. The highest BCUT2D eigenvalue weighted by Crippen LogP contribution is 2.15. The van der Waals surface area contributed by atoms with E-state index >= 15 is 0 Å². The van der Waals surface area contributed by atoms with Crippen LogP contribution in [0.25, 0.3) is 0 Å². The fourth-order valence-corrected chi connectivity index (χ4v) is 2.29. The quantitative estimate of drug-likeness (QED) is 0.879. The number of hydrogen-bond donors (Lipinski definition) is 2. The number of hydrogen-bond acceptors (Lipinski definition) is 2. The van der Waals surface area contributed by atoms with E-state index in [1.165, 1.54) is 0 Å². The Morgan fingerprint density at radius 1 is 1.12 bits per heavy atom. The lowest BCUT2D eigenvalue weighted by Gasteiger charge is -2.16. The molecule has 2 amide bonds. The number of rotatable bonds is 5. The van der Waals surface area contributed by atoms with E-state index in [2.05, 4.69) is 5.32 Å². The van der Waals surface area contributed by atoms with E-state index in [0.717, 1.165) is 11.1 Å². The highest BCUT2D eigenvalue weighted by Gasteiger charge is 2.24. The molecule has 0 unspecified atom stereocenters. The summed E-state index contributed by atoms with van der Waals surface area (Å²) in [5.74, 6) is -5.89. The summed E-state index contributed by atoms with van der Waals surface area (Å²) in [5, 5.41) is 2.19. The zero-order chi connectivity index (χ0) is 17.9. The van der Waals surface area contributed by atoms with Crippen molar-refractivity contribution in [2.45, 2.75) is 19.4 Å². The van der Waals surface area contributed by atoms with Gasteiger partial charge in [-0.1, -0.05) is 29.8 Å². The van der Waals surface area contributed by atoms with E-state index in [0.29, 0.717) is 12.1 Å². The van der Waals surface area contributed by atoms with Crippen LogP contribution in [0.3, 0.4) is 0 Å². The average Bonchev–Trinajstić information content (AvgIpc) is 2.45. The maximum absolute atomic E-state index is 13.6. The minimum Gasteiger partial charge on any atom is -0.368 e. The predicted octanol–water partition coefficient (Wildman–Crippen LogP) is 2.24. The van der Waals surface area contributed by atoms with Crippen molar-refractivity contribution in [3.05, 3.63) is 70.5 Å². The lowest BCUT2D eigenvalue weighted by Crippen LogP contribution is -2.46. The number of amides is 2. The largest absolute Gasteiger partial charge is 0.368 e. The Kier molecular flexibility index (Phi) is 5.23. The molecule has 0 spiro atoms. The van der Waals surface area contributed by atoms with Crippen LogP contribution in [0.2, 0.25) is 0 Å². The van der Waals surface area contributed by atoms with Gasteiger partial charge in [-0.05, 0) is 12.5 Å². The van der Waals surface area contributed by atoms with E-state index in [1.807, 2.05) is 13.0 Å². The molecule has 2 aromatic carbocycles. The molecule has 1 atom stereocenters. The first kappa shape index (κ1) is 17.5. The van der Waals surface area contributed by atoms with Crippen molar-refractivity contribution in [3.63, 3.8) is 0 Å². The molecule has 7 heteroatoms. The van der Waals surface area contributed by atoms with Crippen molar-refractivity contribution in [3.8, 4) is 0 Å². The Morgan fingerprint density at radius 3 is 2.29 bits per heavy atom. The molecule has 2 rings (SSSR count). The van der Waals surface area contributed by atoms with Gasteiger partial charge in [0.25, 0.3) is 5.91 Å². The zero-order valence-electron chi connectivity index (χ0n) is 12.8. The predicted molar refractivity (Wildman–Crippen MR) is 81.6 cm³/mol. The molecule has 0 aliphatic carbocycles. The molecule has 0 heterocycles. The molecule has 0 fully saturated rings. The third-order valence-corrected chi connectivity index (χ3v) is 3.41. The smallest absolute Gasteiger partial charge is 0.257 e. The number of primary amides is 1. The molecule has 0 radical (unpaired) electrons. The van der Waals surface area contributed by atoms with Gasteiger partial charge in [0.2, 0.25) is 5.91 Å². The fraction of sp³-hybridized carbons (Fsp3) is 0.176. The number of halogens is 3. The van der Waals surface area contributed by atoms with E-state index in [-0.39, 0.29) is 6.42 Å². The first-order chi connectivity index (χ1) is 11.3. The van der Waals surface area contributed by atoms with E-state index < -0.39 is 40.9 Å². The first-order valence-electron chi connectivity index (χ1n) is 7.08. The number of benzene rings is 2. The topological polar surface area (TPSA) is 72.2 Å². The summed E-state index contributed by atoms with van der Waals surface area (Å²) in [5.41, 5.74) is 5.95. The lowest BCUT2D eigenvalue weighted by atomic mass is 10.0. The Balaban J connectivity index is 2.22. The van der Waals surface area contributed by atoms with Gasteiger partial charge in [-0.2, -0.15) is 0 Å². The standard InChI is InChI=1S/C17H15F3N2O2/c1-9-3-2-4-10(5-9)6-14(16(21)23)22-17(24)15-12(19)7-11(18)8-13(15)20/h2-5,7-8,14H,6H2,1H3,(H2,21,23)(H,22,24)/t14-/m1/s1. The summed E-state index contributed by atoms with van der Waals surface area (Å²) >= 11 is 0. The van der Waals surface area contributed by atoms with Crippen LogP contribution < -0.4 is 11.1 Å². The van der Waals surface area contributed by atoms with Crippen LogP contribution >= 0.6 is 0 Å². The van der Waals surface area contributed by atoms with Crippen LogP contribution in [-0.2, 0) is 11.2 Å². The maximum atomic E-state index is 13.6. The summed E-state index contributed by atoms with van der Waals surface area (Å²) in [6, 6.07) is 6.75. The normalized spacial score (nSPS) is 11.8. The van der Waals surface area contributed by atoms with Gasteiger partial charge in [0.05, 0.1) is 0 Å². The van der Waals surface area contributed by atoms with Crippen LogP contribution in [0.1, 0.15) is 21.5 Å². The number of carbonyl (C=O) groups excluding carboxylic acids is 2. The Labute approximate surface area is 136 Å². The van der Waals surface area contributed by atoms with Gasteiger partial charge in [0, 0.05) is 18.6 Å². The van der Waals surface area contributed by atoms with Gasteiger partial charge in [-0.25, -0.2) is 13.2 Å². The van der Waals surface area contributed by atoms with Crippen molar-refractivity contribution < 1.29 is 22.8 Å². The molecule has 0 bridgehead atoms. The molecule has 3 N–H and O–H groups in total. The third-order valence-electron chi connectivity index (χ3n) is 3.41. The lowest BCUT2D eigenvalue weighted by molar-refractivity contribution is -0.119. The number of carbonyl (C=O) groups is 2. The minimum absolute atomic E-state index is 0.0627. The van der Waals surface area contributed by atoms with Crippen LogP contribution in [0.5, 0.6) is 0 Å². The van der Waals surface area contributed by atoms with E-state index in [4.69, 9.17) is 5.73 Å². The number of nitrogens with two attached hydrogens (primary N) is 1. The van der Waals surface area contributed by atoms with Crippen LogP contribution in [0.4, 0.5) is 13.2 Å². The summed E-state index contributed by atoms with van der Waals surface area (Å²) in [6.07, 6.45) is 0.0627. The van der Waals surface area contributed by atoms with Crippen LogP contribution in [0.15, 0.2) is 36.4 Å². The highest BCUT2D eigenvalue weighted by molar-refractivity contribution is 5.97. The fourth-order valence-electron chi connectivity index (χ4n) is 2.29. The Morgan fingerprint density at radius 2 is 1.75 bits per heavy atom. The Hall–Kier alpha value is -2.83. The Bertz CT molecular complexity index is 770. The van der Waals surface area contributed by atoms with Gasteiger partial charge in [-0.15, -0.1) is 0 Å². The minimum atomic E-state index is -1.36. The van der Waals surface area contributed by atoms with Gasteiger partial charge < -0.3 is 11.1 Å². The van der Waals surface area contributed by atoms with Crippen molar-refractivity contribution in [2.24, 2.45) is 5.73 Å². The molecule has 0 aliphatic rings. The molecule has 0 aromatic heterocycles. The molecular formula is C17H15F3N2O2. The van der Waals surface area contributed by atoms with Crippen molar-refractivity contribution in [2.75, 3.05) is 0 Å². The van der Waals surface area contributed by atoms with Crippen molar-refractivity contribution in [1.82, 2.24) is 5.32 Å². The second-order valence-electron chi connectivity index (χ2n) is 5.37. The summed E-state index contributed by atoms with van der Waals surface area (Å²) in [6.45, 7) is 1.85. The summed E-state index contributed by atoms with van der Waals surface area (Å²) in [4.78, 5) is 23.6. The van der Waals surface area contributed by atoms with E-state index in [9.17, 15) is 22.8 Å². The highest BCUT2D eigenvalue weighted by atomic mass is 19.1. The maximum Gasteiger partial charge on any atom is 0.257 e. The molecular weight excluding hydrogens is 321 g/mol. The third kappa shape index (κ3) is 4.13. The number of nitrogens with one attached hydrogen (secondary N) is 1. The summed E-state index contributed by atoms with van der Waals surface area (Å²) < 4.78 is 40.2. The molecule has 24 heavy (non-hydrogen) atoms. The molecule has 126 valence electrons. The monoisotopic (exact) mass is 336 g/mol. The van der Waals surface area contributed by atoms with Gasteiger partial charge in [0.15, 0.2) is 0 Å². The van der Waals surface area contributed by atoms with E-state index in [1.54, 1.807) is 18.2 Å². The van der Waals surface area contributed by atoms with Crippen molar-refractivity contribution >= 4 is 11.8 Å². The summed E-state index contributed by atoms with van der Waals surface area (Å²) in [7, 11) is 0. The average molecular weight is 336 g/mol. The van der Waals surface area contributed by atoms with Gasteiger partial charge in [0.1, 0.15) is 29.1 Å². The molecule has 0 aliphatic heterocycles. The van der Waals surface area contributed by atoms with Crippen molar-refractivity contribution in [1.29, 1.82) is 0 Å². The number of aryl methyl sites for hydroxylation is 1. The first-order valence-corrected chi connectivity index (χ1v) is 7.08. The molecule has 0 saturated heterocycles. The zero-order valence-corrected chi connectivity index (χ0v) is 12.8. The molecule has 2 aromatic rings. The molecule has 0 saturated carbocycles. The van der Waals surface area contributed by atoms with Gasteiger partial charge in [-0.3, -0.25) is 9.59 Å². The second-order valence-corrected chi connectivity index (χ2v) is 5.37. The second kappa shape index (κ2) is 7.16.